The number of carbonyl (C=O) groups excluding carboxylic acids is 1. The maximum atomic E-state index is 12.6. The SMILES string of the molecule is CCN(C(=O)Nc1ccc(N2CCN(C)CC2)cc1)C1CCS(=O)(=O)C1. The molecule has 0 spiro atoms. The summed E-state index contributed by atoms with van der Waals surface area (Å²) >= 11 is 0. The second-order valence-electron chi connectivity index (χ2n) is 7.11. The molecule has 1 unspecified atom stereocenters. The molecule has 2 amide bonds. The Kier molecular flexibility index (Phi) is 5.72. The predicted molar refractivity (Wildman–Crippen MR) is 105 cm³/mol. The molecule has 0 saturated carbocycles. The van der Waals surface area contributed by atoms with Crippen LogP contribution in [-0.2, 0) is 9.84 Å². The van der Waals surface area contributed by atoms with Gasteiger partial charge in [-0.1, -0.05) is 0 Å². The molecular formula is C18H28N4O3S. The molecule has 2 saturated heterocycles. The molecule has 0 aliphatic carbocycles. The first-order valence-corrected chi connectivity index (χ1v) is 11.0. The molecule has 1 N–H and O–H groups in total. The Hall–Kier alpha value is -1.80. The van der Waals surface area contributed by atoms with Gasteiger partial charge in [-0.05, 0) is 44.7 Å². The number of hydrogen-bond acceptors (Lipinski definition) is 5. The normalized spacial score (nSPS) is 23.0. The number of anilines is 2. The van der Waals surface area contributed by atoms with Gasteiger partial charge in [-0.3, -0.25) is 0 Å². The molecule has 0 radical (unpaired) electrons. The topological polar surface area (TPSA) is 73.0 Å². The lowest BCUT2D eigenvalue weighted by Crippen LogP contribution is -2.44. The number of rotatable bonds is 4. The van der Waals surface area contributed by atoms with E-state index in [1.54, 1.807) is 4.90 Å². The smallest absolute Gasteiger partial charge is 0.322 e. The summed E-state index contributed by atoms with van der Waals surface area (Å²) in [4.78, 5) is 18.8. The fourth-order valence-corrected chi connectivity index (χ4v) is 5.34. The Balaban J connectivity index is 1.60. The summed E-state index contributed by atoms with van der Waals surface area (Å²) in [5.74, 6) is 0.234. The van der Waals surface area contributed by atoms with Gasteiger partial charge < -0.3 is 20.0 Å². The van der Waals surface area contributed by atoms with Gasteiger partial charge in [0.05, 0.1) is 11.5 Å². The highest BCUT2D eigenvalue weighted by molar-refractivity contribution is 7.91. The van der Waals surface area contributed by atoms with E-state index < -0.39 is 9.84 Å². The summed E-state index contributed by atoms with van der Waals surface area (Å²) in [5, 5.41) is 2.90. The summed E-state index contributed by atoms with van der Waals surface area (Å²) in [6.07, 6.45) is 0.520. The van der Waals surface area contributed by atoms with Crippen molar-refractivity contribution in [3.63, 3.8) is 0 Å². The lowest BCUT2D eigenvalue weighted by Gasteiger charge is -2.34. The van der Waals surface area contributed by atoms with E-state index in [1.807, 2.05) is 31.2 Å². The molecule has 1 aromatic carbocycles. The number of piperazine rings is 1. The number of hydrogen-bond donors (Lipinski definition) is 1. The first-order chi connectivity index (χ1) is 12.4. The highest BCUT2D eigenvalue weighted by atomic mass is 32.2. The van der Waals surface area contributed by atoms with Gasteiger partial charge in [0.25, 0.3) is 0 Å². The van der Waals surface area contributed by atoms with Gasteiger partial charge >= 0.3 is 6.03 Å². The van der Waals surface area contributed by atoms with Gasteiger partial charge in [-0.15, -0.1) is 0 Å². The van der Waals surface area contributed by atoms with Crippen molar-refractivity contribution < 1.29 is 13.2 Å². The molecule has 144 valence electrons. The summed E-state index contributed by atoms with van der Waals surface area (Å²) < 4.78 is 23.4. The highest BCUT2D eigenvalue weighted by Crippen LogP contribution is 2.21. The van der Waals surface area contributed by atoms with Crippen LogP contribution in [-0.4, -0.2) is 81.6 Å². The zero-order valence-electron chi connectivity index (χ0n) is 15.5. The molecule has 26 heavy (non-hydrogen) atoms. The number of amides is 2. The maximum Gasteiger partial charge on any atom is 0.322 e. The minimum atomic E-state index is -3.01. The van der Waals surface area contributed by atoms with Crippen LogP contribution in [0.4, 0.5) is 16.2 Å². The Morgan fingerprint density at radius 1 is 1.19 bits per heavy atom. The van der Waals surface area contributed by atoms with Gasteiger partial charge in [-0.2, -0.15) is 0 Å². The standard InChI is InChI=1S/C18H28N4O3S/c1-3-22(17-8-13-26(24,25)14-17)18(23)19-15-4-6-16(7-5-15)21-11-9-20(2)10-12-21/h4-7,17H,3,8-14H2,1-2H3,(H,19,23). The minimum Gasteiger partial charge on any atom is -0.369 e. The second-order valence-corrected chi connectivity index (χ2v) is 9.34. The van der Waals surface area contributed by atoms with Crippen LogP contribution in [0.5, 0.6) is 0 Å². The van der Waals surface area contributed by atoms with Crippen molar-refractivity contribution in [2.24, 2.45) is 0 Å². The van der Waals surface area contributed by atoms with Crippen molar-refractivity contribution in [2.75, 3.05) is 61.5 Å². The van der Waals surface area contributed by atoms with Crippen LogP contribution in [0.3, 0.4) is 0 Å². The summed E-state index contributed by atoms with van der Waals surface area (Å²) in [6.45, 7) is 6.47. The number of carbonyl (C=O) groups is 1. The molecule has 0 bridgehead atoms. The molecule has 2 heterocycles. The molecule has 1 aromatic rings. The van der Waals surface area contributed by atoms with Crippen LogP contribution in [0.1, 0.15) is 13.3 Å². The average Bonchev–Trinajstić information content (AvgIpc) is 2.96. The summed E-state index contributed by atoms with van der Waals surface area (Å²) in [5.41, 5.74) is 1.89. The quantitative estimate of drug-likeness (QED) is 0.857. The monoisotopic (exact) mass is 380 g/mol. The third-order valence-electron chi connectivity index (χ3n) is 5.24. The lowest BCUT2D eigenvalue weighted by molar-refractivity contribution is 0.197. The van der Waals surface area contributed by atoms with Gasteiger partial charge in [0.15, 0.2) is 9.84 Å². The van der Waals surface area contributed by atoms with E-state index in [4.69, 9.17) is 0 Å². The maximum absolute atomic E-state index is 12.6. The highest BCUT2D eigenvalue weighted by Gasteiger charge is 2.33. The van der Waals surface area contributed by atoms with E-state index in [-0.39, 0.29) is 23.6 Å². The summed E-state index contributed by atoms with van der Waals surface area (Å²) in [7, 11) is -0.880. The molecule has 2 aliphatic rings. The molecule has 2 aliphatic heterocycles. The molecule has 3 rings (SSSR count). The van der Waals surface area contributed by atoms with Gasteiger partial charge in [-0.25, -0.2) is 13.2 Å². The van der Waals surface area contributed by atoms with Crippen molar-refractivity contribution in [1.29, 1.82) is 0 Å². The van der Waals surface area contributed by atoms with E-state index in [1.165, 1.54) is 0 Å². The predicted octanol–water partition coefficient (Wildman–Crippen LogP) is 1.48. The van der Waals surface area contributed by atoms with Crippen LogP contribution in [0.2, 0.25) is 0 Å². The van der Waals surface area contributed by atoms with Crippen LogP contribution < -0.4 is 10.2 Å². The Labute approximate surface area is 155 Å². The van der Waals surface area contributed by atoms with Crippen molar-refractivity contribution in [3.8, 4) is 0 Å². The molecule has 1 atom stereocenters. The molecule has 7 nitrogen and oxygen atoms in total. The molecular weight excluding hydrogens is 352 g/mol. The van der Waals surface area contributed by atoms with E-state index >= 15 is 0 Å². The number of nitrogens with zero attached hydrogens (tertiary/aromatic N) is 3. The first-order valence-electron chi connectivity index (χ1n) is 9.19. The fraction of sp³-hybridized carbons (Fsp3) is 0.611. The Morgan fingerprint density at radius 2 is 1.85 bits per heavy atom. The zero-order chi connectivity index (χ0) is 18.7. The number of nitrogens with one attached hydrogen (secondary N) is 1. The van der Waals surface area contributed by atoms with Crippen molar-refractivity contribution in [3.05, 3.63) is 24.3 Å². The third-order valence-corrected chi connectivity index (χ3v) is 6.99. The molecule has 0 aromatic heterocycles. The van der Waals surface area contributed by atoms with E-state index in [0.717, 1.165) is 37.6 Å². The number of sulfone groups is 1. The first kappa shape index (κ1) is 19.0. The number of likely N-dealkylation sites (N-methyl/N-ethyl adjacent to an activating group) is 1. The van der Waals surface area contributed by atoms with Gasteiger partial charge in [0, 0.05) is 50.1 Å². The minimum absolute atomic E-state index is 0.0661. The van der Waals surface area contributed by atoms with E-state index in [2.05, 4.69) is 22.2 Å². The second kappa shape index (κ2) is 7.84. The number of benzene rings is 1. The Bertz CT molecular complexity index is 727. The van der Waals surface area contributed by atoms with E-state index in [9.17, 15) is 13.2 Å². The van der Waals surface area contributed by atoms with Crippen LogP contribution in [0.15, 0.2) is 24.3 Å². The van der Waals surface area contributed by atoms with Crippen LogP contribution in [0, 0.1) is 0 Å². The van der Waals surface area contributed by atoms with Crippen molar-refractivity contribution >= 4 is 27.2 Å². The molecule has 2 fully saturated rings. The van der Waals surface area contributed by atoms with Crippen LogP contribution >= 0.6 is 0 Å². The van der Waals surface area contributed by atoms with Crippen molar-refractivity contribution in [2.45, 2.75) is 19.4 Å². The average molecular weight is 381 g/mol. The number of urea groups is 1. The summed E-state index contributed by atoms with van der Waals surface area (Å²) in [6, 6.07) is 7.40. The zero-order valence-corrected chi connectivity index (χ0v) is 16.3. The third kappa shape index (κ3) is 4.48. The van der Waals surface area contributed by atoms with Crippen LogP contribution in [0.25, 0.3) is 0 Å². The fourth-order valence-electron chi connectivity index (χ4n) is 3.60. The van der Waals surface area contributed by atoms with Gasteiger partial charge in [0.2, 0.25) is 0 Å². The van der Waals surface area contributed by atoms with E-state index in [0.29, 0.717) is 13.0 Å². The largest absolute Gasteiger partial charge is 0.369 e. The van der Waals surface area contributed by atoms with Crippen molar-refractivity contribution in [1.82, 2.24) is 9.80 Å². The van der Waals surface area contributed by atoms with Gasteiger partial charge in [0.1, 0.15) is 0 Å². The Morgan fingerprint density at radius 3 is 2.38 bits per heavy atom. The lowest BCUT2D eigenvalue weighted by atomic mass is 10.2. The molecule has 8 heteroatoms.